The lowest BCUT2D eigenvalue weighted by Gasteiger charge is -2.28. The van der Waals surface area contributed by atoms with Crippen molar-refractivity contribution in [2.24, 2.45) is 0 Å². The van der Waals surface area contributed by atoms with E-state index in [-0.39, 0.29) is 0 Å². The highest BCUT2D eigenvalue weighted by atomic mass is 31.1. The van der Waals surface area contributed by atoms with Crippen LogP contribution in [0.2, 0.25) is 0 Å². The zero-order valence-corrected chi connectivity index (χ0v) is 14.9. The molecule has 0 saturated heterocycles. The molecule has 0 aliphatic carbocycles. The van der Waals surface area contributed by atoms with E-state index in [4.69, 9.17) is 9.26 Å². The zero-order chi connectivity index (χ0) is 16.7. The van der Waals surface area contributed by atoms with Crippen LogP contribution >= 0.6 is 8.15 Å². The second-order valence-corrected chi connectivity index (χ2v) is 7.98. The fourth-order valence-corrected chi connectivity index (χ4v) is 4.87. The van der Waals surface area contributed by atoms with Crippen molar-refractivity contribution in [2.45, 2.75) is 20.8 Å². The van der Waals surface area contributed by atoms with Gasteiger partial charge in [0, 0.05) is 0 Å². The summed E-state index contributed by atoms with van der Waals surface area (Å²) < 4.78 is 12.6. The van der Waals surface area contributed by atoms with E-state index in [1.54, 1.807) is 0 Å². The van der Waals surface area contributed by atoms with Crippen LogP contribution < -0.4 is 19.9 Å². The van der Waals surface area contributed by atoms with Gasteiger partial charge in [0.15, 0.2) is 8.15 Å². The minimum Gasteiger partial charge on any atom is -0.464 e. The van der Waals surface area contributed by atoms with E-state index < -0.39 is 8.15 Å². The zero-order valence-electron chi connectivity index (χ0n) is 14.0. The number of fused-ring (bicyclic) bond motifs is 2. The van der Waals surface area contributed by atoms with Gasteiger partial charge in [-0.3, -0.25) is 0 Å². The Labute approximate surface area is 143 Å². The van der Waals surface area contributed by atoms with Crippen molar-refractivity contribution in [3.63, 3.8) is 0 Å². The summed E-state index contributed by atoms with van der Waals surface area (Å²) in [4.78, 5) is 0. The molecule has 0 radical (unpaired) electrons. The van der Waals surface area contributed by atoms with Gasteiger partial charge in [0.05, 0.1) is 10.6 Å². The number of benzene rings is 3. The number of rotatable bonds is 2. The van der Waals surface area contributed by atoms with Crippen molar-refractivity contribution in [1.29, 1.82) is 0 Å². The van der Waals surface area contributed by atoms with Gasteiger partial charge in [0.1, 0.15) is 17.2 Å². The van der Waals surface area contributed by atoms with Crippen LogP contribution in [-0.2, 0) is 0 Å². The summed E-state index contributed by atoms with van der Waals surface area (Å²) in [5.41, 5.74) is 3.66. The van der Waals surface area contributed by atoms with Crippen LogP contribution in [0.4, 0.5) is 0 Å². The number of hydrogen-bond donors (Lipinski definition) is 0. The lowest BCUT2D eigenvalue weighted by Crippen LogP contribution is -2.24. The van der Waals surface area contributed by atoms with E-state index in [0.29, 0.717) is 0 Å². The van der Waals surface area contributed by atoms with Gasteiger partial charge in [-0.05, 0) is 57.2 Å². The molecule has 2 nitrogen and oxygen atoms in total. The third-order valence-corrected chi connectivity index (χ3v) is 6.07. The Hall–Kier alpha value is -2.31. The molecule has 120 valence electrons. The van der Waals surface area contributed by atoms with Gasteiger partial charge in [0.25, 0.3) is 0 Å². The summed E-state index contributed by atoms with van der Waals surface area (Å²) in [6.07, 6.45) is 0. The summed E-state index contributed by atoms with van der Waals surface area (Å²) in [6.45, 7) is 6.29. The van der Waals surface area contributed by atoms with Crippen LogP contribution in [-0.4, -0.2) is 0 Å². The standard InChI is InChI=1S/C21H19O2P/c1-14-4-8-17(9-5-14)23-24-20-12-15(2)6-10-18(20)22-19-11-7-16(3)13-21(19)24/h4-13H,1-3H3. The molecule has 0 atom stereocenters. The largest absolute Gasteiger partial charge is 0.464 e. The summed E-state index contributed by atoms with van der Waals surface area (Å²) >= 11 is 0. The molecule has 0 saturated carbocycles. The van der Waals surface area contributed by atoms with E-state index in [1.165, 1.54) is 16.7 Å². The quantitative estimate of drug-likeness (QED) is 0.604. The van der Waals surface area contributed by atoms with Gasteiger partial charge in [-0.15, -0.1) is 0 Å². The highest BCUT2D eigenvalue weighted by Crippen LogP contribution is 2.46. The van der Waals surface area contributed by atoms with Crippen LogP contribution in [0.3, 0.4) is 0 Å². The first-order chi connectivity index (χ1) is 11.6. The van der Waals surface area contributed by atoms with Crippen LogP contribution in [0.1, 0.15) is 16.7 Å². The van der Waals surface area contributed by atoms with Crippen molar-refractivity contribution < 1.29 is 9.26 Å². The van der Waals surface area contributed by atoms with Crippen molar-refractivity contribution in [3.8, 4) is 17.2 Å². The highest BCUT2D eigenvalue weighted by Gasteiger charge is 2.30. The molecule has 3 aromatic rings. The topological polar surface area (TPSA) is 18.5 Å². The van der Waals surface area contributed by atoms with E-state index in [9.17, 15) is 0 Å². The molecule has 3 heteroatoms. The van der Waals surface area contributed by atoms with Crippen LogP contribution in [0, 0.1) is 20.8 Å². The molecule has 1 aliphatic rings. The van der Waals surface area contributed by atoms with Crippen molar-refractivity contribution in [1.82, 2.24) is 0 Å². The van der Waals surface area contributed by atoms with Crippen molar-refractivity contribution in [2.75, 3.05) is 0 Å². The molecule has 4 rings (SSSR count). The first-order valence-electron chi connectivity index (χ1n) is 8.04. The molecule has 1 heterocycles. The van der Waals surface area contributed by atoms with Crippen molar-refractivity contribution in [3.05, 3.63) is 77.4 Å². The predicted octanol–water partition coefficient (Wildman–Crippen LogP) is 5.14. The summed E-state index contributed by atoms with van der Waals surface area (Å²) in [5, 5.41) is 2.28. The molecule has 3 aromatic carbocycles. The minimum absolute atomic E-state index is 0.897. The third kappa shape index (κ3) is 2.79. The predicted molar refractivity (Wildman–Crippen MR) is 100 cm³/mol. The highest BCUT2D eigenvalue weighted by molar-refractivity contribution is 7.69. The maximum absolute atomic E-state index is 6.46. The van der Waals surface area contributed by atoms with Crippen molar-refractivity contribution >= 4 is 18.8 Å². The Morgan fingerprint density at radius 2 is 1.17 bits per heavy atom. The van der Waals surface area contributed by atoms with E-state index >= 15 is 0 Å². The molecule has 0 fully saturated rings. The second-order valence-electron chi connectivity index (χ2n) is 6.24. The molecule has 0 unspecified atom stereocenters. The second kappa shape index (κ2) is 5.96. The maximum atomic E-state index is 6.46. The first kappa shape index (κ1) is 15.2. The number of ether oxygens (including phenoxy) is 1. The summed E-state index contributed by atoms with van der Waals surface area (Å²) in [5.74, 6) is 2.69. The Balaban J connectivity index is 1.83. The summed E-state index contributed by atoms with van der Waals surface area (Å²) in [7, 11) is -0.947. The van der Waals surface area contributed by atoms with Gasteiger partial charge in [-0.1, -0.05) is 41.0 Å². The van der Waals surface area contributed by atoms with Gasteiger partial charge in [0.2, 0.25) is 0 Å². The van der Waals surface area contributed by atoms with Gasteiger partial charge < -0.3 is 9.26 Å². The molecule has 0 bridgehead atoms. The Kier molecular flexibility index (Phi) is 3.78. The molecule has 0 amide bonds. The lowest BCUT2D eigenvalue weighted by molar-refractivity contribution is 0.485. The number of aryl methyl sites for hydroxylation is 3. The average Bonchev–Trinajstić information content (AvgIpc) is 2.57. The Morgan fingerprint density at radius 1 is 0.667 bits per heavy atom. The minimum atomic E-state index is -0.947. The normalized spacial score (nSPS) is 13.0. The molecule has 0 aromatic heterocycles. The van der Waals surface area contributed by atoms with Crippen LogP contribution in [0.5, 0.6) is 17.2 Å². The number of hydrogen-bond acceptors (Lipinski definition) is 2. The van der Waals surface area contributed by atoms with E-state index in [2.05, 4.69) is 57.2 Å². The van der Waals surface area contributed by atoms with Gasteiger partial charge in [-0.25, -0.2) is 0 Å². The summed E-state index contributed by atoms with van der Waals surface area (Å²) in [6, 6.07) is 20.9. The van der Waals surface area contributed by atoms with E-state index in [0.717, 1.165) is 27.9 Å². The first-order valence-corrected chi connectivity index (χ1v) is 9.30. The molecule has 0 N–H and O–H groups in total. The fraction of sp³-hybridized carbons (Fsp3) is 0.143. The average molecular weight is 334 g/mol. The fourth-order valence-electron chi connectivity index (χ4n) is 2.80. The van der Waals surface area contributed by atoms with Gasteiger partial charge in [-0.2, -0.15) is 0 Å². The van der Waals surface area contributed by atoms with Crippen LogP contribution in [0.25, 0.3) is 0 Å². The molecular weight excluding hydrogens is 315 g/mol. The maximum Gasteiger partial charge on any atom is 0.158 e. The van der Waals surface area contributed by atoms with E-state index in [1.807, 2.05) is 24.3 Å². The molecule has 0 spiro atoms. The smallest absolute Gasteiger partial charge is 0.158 e. The third-order valence-electron chi connectivity index (χ3n) is 4.10. The molecular formula is C21H19O2P. The molecule has 1 aliphatic heterocycles. The van der Waals surface area contributed by atoms with Crippen LogP contribution in [0.15, 0.2) is 60.7 Å². The monoisotopic (exact) mass is 334 g/mol. The Bertz CT molecular complexity index is 849. The Morgan fingerprint density at radius 3 is 1.71 bits per heavy atom. The lowest BCUT2D eigenvalue weighted by atomic mass is 10.2. The van der Waals surface area contributed by atoms with Gasteiger partial charge >= 0.3 is 0 Å². The molecule has 24 heavy (non-hydrogen) atoms. The SMILES string of the molecule is Cc1ccc(OP2c3cc(C)ccc3Oc3ccc(C)cc32)cc1.